The summed E-state index contributed by atoms with van der Waals surface area (Å²) in [5, 5.41) is 3.35. The highest BCUT2D eigenvalue weighted by molar-refractivity contribution is 8.38. The molecule has 1 heterocycles. The van der Waals surface area contributed by atoms with Crippen LogP contribution in [0.4, 0.5) is 5.69 Å². The predicted molar refractivity (Wildman–Crippen MR) is 108 cm³/mol. The Kier molecular flexibility index (Phi) is 6.29. The molecule has 1 aliphatic rings. The van der Waals surface area contributed by atoms with Crippen LogP contribution in [0, 0.1) is 0 Å². The van der Waals surface area contributed by atoms with Crippen LogP contribution in [-0.4, -0.2) is 29.7 Å². The number of nitrogens with one attached hydrogen (secondary N) is 1. The number of rotatable bonds is 5. The Balaban J connectivity index is 1.72. The molecule has 0 spiro atoms. The molecule has 3 rings (SSSR count). The smallest absolute Gasteiger partial charge is 0.255 e. The quantitative estimate of drug-likeness (QED) is 0.783. The molecule has 7 heteroatoms. The van der Waals surface area contributed by atoms with Crippen LogP contribution in [0.5, 0.6) is 5.75 Å². The van der Waals surface area contributed by atoms with Crippen molar-refractivity contribution in [1.29, 1.82) is 0 Å². The molecule has 0 saturated carbocycles. The molecule has 0 aromatic heterocycles. The monoisotopic (exact) mass is 392 g/mol. The number of hydrogen-bond donors (Lipinski definition) is 1. The predicted octanol–water partition coefficient (Wildman–Crippen LogP) is 4.94. The molecule has 2 aromatic rings. The lowest BCUT2D eigenvalue weighted by molar-refractivity contribution is 0.102. The van der Waals surface area contributed by atoms with Crippen molar-refractivity contribution in [3.8, 4) is 5.75 Å². The van der Waals surface area contributed by atoms with Gasteiger partial charge in [-0.3, -0.25) is 9.79 Å². The third-order valence-corrected chi connectivity index (χ3v) is 6.18. The van der Waals surface area contributed by atoms with E-state index in [0.29, 0.717) is 22.0 Å². The Hall–Kier alpha value is -1.63. The number of methoxy groups -OCH3 is 1. The summed E-state index contributed by atoms with van der Waals surface area (Å²) in [4.78, 5) is 17.1. The van der Waals surface area contributed by atoms with E-state index >= 15 is 0 Å². The highest BCUT2D eigenvalue weighted by atomic mass is 35.5. The minimum atomic E-state index is -0.154. The van der Waals surface area contributed by atoms with Gasteiger partial charge in [0.05, 0.1) is 18.7 Å². The lowest BCUT2D eigenvalue weighted by Crippen LogP contribution is -2.14. The number of hydrogen-bond acceptors (Lipinski definition) is 5. The normalized spacial score (nSPS) is 13.4. The fraction of sp³-hybridized carbons (Fsp3) is 0.222. The van der Waals surface area contributed by atoms with Crippen molar-refractivity contribution in [2.75, 3.05) is 24.7 Å². The van der Waals surface area contributed by atoms with Crippen LogP contribution < -0.4 is 10.1 Å². The fourth-order valence-corrected chi connectivity index (χ4v) is 4.62. The molecule has 1 aliphatic heterocycles. The molecular weight excluding hydrogens is 376 g/mol. The molecule has 0 radical (unpaired) electrons. The van der Waals surface area contributed by atoms with Gasteiger partial charge in [0, 0.05) is 22.8 Å². The Bertz CT molecular complexity index is 811. The van der Waals surface area contributed by atoms with Gasteiger partial charge in [-0.1, -0.05) is 53.3 Å². The van der Waals surface area contributed by atoms with Crippen molar-refractivity contribution in [2.24, 2.45) is 4.99 Å². The molecule has 0 atom stereocenters. The van der Waals surface area contributed by atoms with Crippen LogP contribution in [0.25, 0.3) is 0 Å². The SMILES string of the molecule is COc1ccc(NC(=O)c2ccccc2CSC2=NCCS2)cc1Cl. The summed E-state index contributed by atoms with van der Waals surface area (Å²) < 4.78 is 6.22. The van der Waals surface area contributed by atoms with Crippen molar-refractivity contribution in [3.63, 3.8) is 0 Å². The highest BCUT2D eigenvalue weighted by Crippen LogP contribution is 2.29. The van der Waals surface area contributed by atoms with Gasteiger partial charge < -0.3 is 10.1 Å². The molecule has 0 saturated heterocycles. The Morgan fingerprint density at radius 3 is 2.92 bits per heavy atom. The number of halogens is 1. The number of aliphatic imine (C=N–C) groups is 1. The second-order valence-corrected chi connectivity index (χ2v) is 7.96. The molecule has 2 aromatic carbocycles. The van der Waals surface area contributed by atoms with Crippen molar-refractivity contribution in [1.82, 2.24) is 0 Å². The number of carbonyl (C=O) groups excluding carboxylic acids is 1. The summed E-state index contributed by atoms with van der Waals surface area (Å²) in [6, 6.07) is 12.8. The first-order chi connectivity index (χ1) is 12.2. The maximum absolute atomic E-state index is 12.7. The Labute approximate surface area is 160 Å². The van der Waals surface area contributed by atoms with Crippen LogP contribution in [-0.2, 0) is 5.75 Å². The highest BCUT2D eigenvalue weighted by Gasteiger charge is 2.14. The van der Waals surface area contributed by atoms with Gasteiger partial charge in [-0.15, -0.1) is 0 Å². The zero-order chi connectivity index (χ0) is 17.6. The molecule has 0 fully saturated rings. The minimum Gasteiger partial charge on any atom is -0.495 e. The summed E-state index contributed by atoms with van der Waals surface area (Å²) in [6.45, 7) is 0.882. The lowest BCUT2D eigenvalue weighted by Gasteiger charge is -2.11. The second kappa shape index (κ2) is 8.65. The number of carbonyl (C=O) groups is 1. The van der Waals surface area contributed by atoms with Crippen molar-refractivity contribution < 1.29 is 9.53 Å². The number of thioether (sulfide) groups is 2. The van der Waals surface area contributed by atoms with E-state index in [0.717, 1.165) is 28.0 Å². The largest absolute Gasteiger partial charge is 0.495 e. The van der Waals surface area contributed by atoms with Gasteiger partial charge >= 0.3 is 0 Å². The summed E-state index contributed by atoms with van der Waals surface area (Å²) in [5.41, 5.74) is 2.28. The Morgan fingerprint density at radius 2 is 2.20 bits per heavy atom. The average Bonchev–Trinajstić information content (AvgIpc) is 3.14. The third kappa shape index (κ3) is 4.71. The minimum absolute atomic E-state index is 0.154. The van der Waals surface area contributed by atoms with Gasteiger partial charge in [0.15, 0.2) is 0 Å². The number of benzene rings is 2. The number of amides is 1. The van der Waals surface area contributed by atoms with E-state index in [9.17, 15) is 4.79 Å². The second-order valence-electron chi connectivity index (χ2n) is 5.25. The van der Waals surface area contributed by atoms with Crippen LogP contribution in [0.15, 0.2) is 47.5 Å². The molecule has 0 aliphatic carbocycles. The van der Waals surface area contributed by atoms with Crippen molar-refractivity contribution in [3.05, 3.63) is 58.6 Å². The van der Waals surface area contributed by atoms with E-state index in [1.807, 2.05) is 24.3 Å². The van der Waals surface area contributed by atoms with Crippen LogP contribution in [0.1, 0.15) is 15.9 Å². The maximum Gasteiger partial charge on any atom is 0.255 e. The first-order valence-corrected chi connectivity index (χ1v) is 10.0. The number of ether oxygens (including phenoxy) is 1. The van der Waals surface area contributed by atoms with Gasteiger partial charge in [0.2, 0.25) is 0 Å². The lowest BCUT2D eigenvalue weighted by atomic mass is 10.1. The van der Waals surface area contributed by atoms with Crippen LogP contribution in [0.3, 0.4) is 0 Å². The van der Waals surface area contributed by atoms with Gasteiger partial charge in [0.25, 0.3) is 5.91 Å². The molecule has 1 N–H and O–H groups in total. The molecule has 130 valence electrons. The van der Waals surface area contributed by atoms with E-state index in [1.165, 1.54) is 0 Å². The van der Waals surface area contributed by atoms with E-state index in [4.69, 9.17) is 16.3 Å². The summed E-state index contributed by atoms with van der Waals surface area (Å²) in [7, 11) is 1.56. The molecule has 4 nitrogen and oxygen atoms in total. The molecule has 1 amide bonds. The molecule has 0 unspecified atom stereocenters. The standard InChI is InChI=1S/C18H17ClN2O2S2/c1-23-16-7-6-13(10-15(16)19)21-17(22)14-5-3-2-4-12(14)11-25-18-20-8-9-24-18/h2-7,10H,8-9,11H2,1H3,(H,21,22). The van der Waals surface area contributed by atoms with Gasteiger partial charge in [-0.25, -0.2) is 0 Å². The number of nitrogens with zero attached hydrogens (tertiary/aromatic N) is 1. The van der Waals surface area contributed by atoms with Gasteiger partial charge in [-0.05, 0) is 29.8 Å². The summed E-state index contributed by atoms with van der Waals surface area (Å²) in [5.74, 6) is 2.19. The number of anilines is 1. The van der Waals surface area contributed by atoms with Crippen LogP contribution in [0.2, 0.25) is 5.02 Å². The summed E-state index contributed by atoms with van der Waals surface area (Å²) in [6.07, 6.45) is 0. The Morgan fingerprint density at radius 1 is 1.36 bits per heavy atom. The average molecular weight is 393 g/mol. The first-order valence-electron chi connectivity index (χ1n) is 7.70. The third-order valence-electron chi connectivity index (χ3n) is 3.58. The fourth-order valence-electron chi connectivity index (χ4n) is 2.35. The van der Waals surface area contributed by atoms with E-state index in [-0.39, 0.29) is 5.91 Å². The molecule has 25 heavy (non-hydrogen) atoms. The molecular formula is C18H17ClN2O2S2. The van der Waals surface area contributed by atoms with Crippen molar-refractivity contribution >= 4 is 51.1 Å². The van der Waals surface area contributed by atoms with Crippen molar-refractivity contribution in [2.45, 2.75) is 5.75 Å². The maximum atomic E-state index is 12.7. The zero-order valence-electron chi connectivity index (χ0n) is 13.6. The van der Waals surface area contributed by atoms with Gasteiger partial charge in [0.1, 0.15) is 10.1 Å². The zero-order valence-corrected chi connectivity index (χ0v) is 16.0. The topological polar surface area (TPSA) is 50.7 Å². The van der Waals surface area contributed by atoms with E-state index < -0.39 is 0 Å². The van der Waals surface area contributed by atoms with Gasteiger partial charge in [-0.2, -0.15) is 0 Å². The van der Waals surface area contributed by atoms with E-state index in [1.54, 1.807) is 48.8 Å². The molecule has 0 bridgehead atoms. The first kappa shape index (κ1) is 18.2. The van der Waals surface area contributed by atoms with Crippen LogP contribution >= 0.6 is 35.1 Å². The van der Waals surface area contributed by atoms with E-state index in [2.05, 4.69) is 10.3 Å². The summed E-state index contributed by atoms with van der Waals surface area (Å²) >= 11 is 9.56.